The van der Waals surface area contributed by atoms with E-state index in [4.69, 9.17) is 16.3 Å². The van der Waals surface area contributed by atoms with Gasteiger partial charge in [-0.3, -0.25) is 4.79 Å². The minimum atomic E-state index is -0.110. The maximum absolute atomic E-state index is 12.1. The first-order valence-electron chi connectivity index (χ1n) is 8.18. The lowest BCUT2D eigenvalue weighted by molar-refractivity contribution is -0.127. The van der Waals surface area contributed by atoms with Crippen molar-refractivity contribution in [2.75, 3.05) is 6.61 Å². The third-order valence-electron chi connectivity index (χ3n) is 4.15. The summed E-state index contributed by atoms with van der Waals surface area (Å²) < 4.78 is 7.59. The second-order valence-corrected chi connectivity index (χ2v) is 6.29. The Balaban J connectivity index is 1.47. The first-order chi connectivity index (χ1) is 11.7. The standard InChI is InChI=1S/C17H21ClN4O2/c1-2-15-20-21-16-8-7-13(9-22(15)16)19-17(23)11-24-10-12-5-3-4-6-14(12)18/h3-6,13H,2,7-11H2,1H3,(H,19,23)/t13-/m1/s1. The van der Waals surface area contributed by atoms with Crippen molar-refractivity contribution < 1.29 is 9.53 Å². The highest BCUT2D eigenvalue weighted by molar-refractivity contribution is 6.31. The SMILES string of the molecule is CCc1nnc2n1C[C@H](NC(=O)COCc1ccccc1Cl)CC2. The van der Waals surface area contributed by atoms with E-state index in [1.807, 2.05) is 24.3 Å². The van der Waals surface area contributed by atoms with E-state index >= 15 is 0 Å². The number of ether oxygens (including phenoxy) is 1. The third kappa shape index (κ3) is 3.94. The number of hydrogen-bond acceptors (Lipinski definition) is 4. The molecule has 6 nitrogen and oxygen atoms in total. The van der Waals surface area contributed by atoms with Crippen molar-refractivity contribution >= 4 is 17.5 Å². The zero-order valence-corrected chi connectivity index (χ0v) is 14.4. The van der Waals surface area contributed by atoms with Crippen LogP contribution in [0.3, 0.4) is 0 Å². The van der Waals surface area contributed by atoms with E-state index in [0.717, 1.165) is 43.0 Å². The maximum atomic E-state index is 12.1. The summed E-state index contributed by atoms with van der Waals surface area (Å²) in [5.74, 6) is 1.87. The highest BCUT2D eigenvalue weighted by Crippen LogP contribution is 2.16. The van der Waals surface area contributed by atoms with Crippen molar-refractivity contribution in [3.05, 3.63) is 46.5 Å². The van der Waals surface area contributed by atoms with Crippen LogP contribution in [-0.4, -0.2) is 33.3 Å². The van der Waals surface area contributed by atoms with E-state index in [2.05, 4.69) is 27.0 Å². The van der Waals surface area contributed by atoms with Gasteiger partial charge in [0.25, 0.3) is 0 Å². The molecule has 0 unspecified atom stereocenters. The van der Waals surface area contributed by atoms with E-state index < -0.39 is 0 Å². The number of nitrogens with zero attached hydrogens (tertiary/aromatic N) is 3. The minimum absolute atomic E-state index is 0.0252. The summed E-state index contributed by atoms with van der Waals surface area (Å²) in [6.45, 7) is 3.13. The lowest BCUT2D eigenvalue weighted by Crippen LogP contribution is -2.42. The molecule has 2 aromatic rings. The second-order valence-electron chi connectivity index (χ2n) is 5.88. The van der Waals surface area contributed by atoms with Crippen LogP contribution < -0.4 is 5.32 Å². The summed E-state index contributed by atoms with van der Waals surface area (Å²) in [4.78, 5) is 12.1. The zero-order valence-electron chi connectivity index (χ0n) is 13.7. The number of carbonyl (C=O) groups is 1. The van der Waals surface area contributed by atoms with E-state index in [1.165, 1.54) is 0 Å². The van der Waals surface area contributed by atoms with Gasteiger partial charge in [0.2, 0.25) is 5.91 Å². The van der Waals surface area contributed by atoms with Gasteiger partial charge in [-0.05, 0) is 18.1 Å². The van der Waals surface area contributed by atoms with Crippen molar-refractivity contribution in [3.63, 3.8) is 0 Å². The predicted octanol–water partition coefficient (Wildman–Crippen LogP) is 2.14. The van der Waals surface area contributed by atoms with Crippen LogP contribution in [0, 0.1) is 0 Å². The Labute approximate surface area is 146 Å². The van der Waals surface area contributed by atoms with Crippen molar-refractivity contribution in [1.29, 1.82) is 0 Å². The van der Waals surface area contributed by atoms with Gasteiger partial charge >= 0.3 is 0 Å². The lowest BCUT2D eigenvalue weighted by atomic mass is 10.1. The Morgan fingerprint density at radius 2 is 2.25 bits per heavy atom. The fraction of sp³-hybridized carbons (Fsp3) is 0.471. The van der Waals surface area contributed by atoms with Gasteiger partial charge in [-0.2, -0.15) is 0 Å². The normalized spacial score (nSPS) is 16.7. The highest BCUT2D eigenvalue weighted by Gasteiger charge is 2.23. The molecule has 1 N–H and O–H groups in total. The molecule has 1 amide bonds. The smallest absolute Gasteiger partial charge is 0.246 e. The minimum Gasteiger partial charge on any atom is -0.367 e. The number of carbonyl (C=O) groups excluding carboxylic acids is 1. The molecular formula is C17H21ClN4O2. The Bertz CT molecular complexity index is 703. The molecule has 0 bridgehead atoms. The van der Waals surface area contributed by atoms with Crippen LogP contribution in [0.15, 0.2) is 24.3 Å². The Morgan fingerprint density at radius 3 is 3.04 bits per heavy atom. The molecule has 3 rings (SSSR count). The van der Waals surface area contributed by atoms with Crippen molar-refractivity contribution in [2.24, 2.45) is 0 Å². The van der Waals surface area contributed by atoms with Gasteiger partial charge in [0.1, 0.15) is 18.3 Å². The molecule has 0 aliphatic carbocycles. The van der Waals surface area contributed by atoms with Crippen LogP contribution in [-0.2, 0) is 35.5 Å². The number of fused-ring (bicyclic) bond motifs is 1. The van der Waals surface area contributed by atoms with Crippen LogP contribution in [0.25, 0.3) is 0 Å². The van der Waals surface area contributed by atoms with Crippen LogP contribution >= 0.6 is 11.6 Å². The van der Waals surface area contributed by atoms with Crippen LogP contribution in [0.4, 0.5) is 0 Å². The van der Waals surface area contributed by atoms with Crippen molar-refractivity contribution in [1.82, 2.24) is 20.1 Å². The lowest BCUT2D eigenvalue weighted by Gasteiger charge is -2.25. The van der Waals surface area contributed by atoms with Crippen molar-refractivity contribution in [2.45, 2.75) is 45.4 Å². The average Bonchev–Trinajstić information content (AvgIpc) is 2.99. The quantitative estimate of drug-likeness (QED) is 0.868. The van der Waals surface area contributed by atoms with E-state index in [0.29, 0.717) is 11.6 Å². The molecule has 7 heteroatoms. The summed E-state index contributed by atoms with van der Waals surface area (Å²) in [7, 11) is 0. The monoisotopic (exact) mass is 348 g/mol. The molecule has 0 radical (unpaired) electrons. The summed E-state index contributed by atoms with van der Waals surface area (Å²) in [6.07, 6.45) is 2.55. The molecule has 2 heterocycles. The topological polar surface area (TPSA) is 69.0 Å². The molecule has 1 aliphatic heterocycles. The number of halogens is 1. The molecule has 1 atom stereocenters. The Kier molecular flexibility index (Phi) is 5.48. The third-order valence-corrected chi connectivity index (χ3v) is 4.52. The van der Waals surface area contributed by atoms with Gasteiger partial charge in [-0.15, -0.1) is 10.2 Å². The summed E-state index contributed by atoms with van der Waals surface area (Å²) in [6, 6.07) is 7.56. The predicted molar refractivity (Wildman–Crippen MR) is 90.8 cm³/mol. The summed E-state index contributed by atoms with van der Waals surface area (Å²) in [5, 5.41) is 12.1. The number of aryl methyl sites for hydroxylation is 2. The Hall–Kier alpha value is -1.92. The van der Waals surface area contributed by atoms with Gasteiger partial charge in [0.05, 0.1) is 6.61 Å². The zero-order chi connectivity index (χ0) is 16.9. The van der Waals surface area contributed by atoms with Crippen molar-refractivity contribution in [3.8, 4) is 0 Å². The number of amides is 1. The van der Waals surface area contributed by atoms with E-state index in [-0.39, 0.29) is 18.6 Å². The number of rotatable bonds is 6. The molecule has 1 aliphatic rings. The first kappa shape index (κ1) is 16.9. The van der Waals surface area contributed by atoms with Crippen LogP contribution in [0.1, 0.15) is 30.6 Å². The largest absolute Gasteiger partial charge is 0.367 e. The molecule has 0 spiro atoms. The number of aromatic nitrogens is 3. The van der Waals surface area contributed by atoms with Gasteiger partial charge in [-0.25, -0.2) is 0 Å². The van der Waals surface area contributed by atoms with Crippen LogP contribution in [0.5, 0.6) is 0 Å². The van der Waals surface area contributed by atoms with E-state index in [1.54, 1.807) is 0 Å². The Morgan fingerprint density at radius 1 is 1.42 bits per heavy atom. The fourth-order valence-electron chi connectivity index (χ4n) is 2.90. The molecule has 128 valence electrons. The van der Waals surface area contributed by atoms with Gasteiger partial charge in [0.15, 0.2) is 0 Å². The van der Waals surface area contributed by atoms with Gasteiger partial charge in [-0.1, -0.05) is 36.7 Å². The van der Waals surface area contributed by atoms with Gasteiger partial charge in [0, 0.05) is 30.5 Å². The first-order valence-corrected chi connectivity index (χ1v) is 8.56. The average molecular weight is 349 g/mol. The summed E-state index contributed by atoms with van der Waals surface area (Å²) >= 11 is 6.07. The second kappa shape index (κ2) is 7.77. The number of nitrogens with one attached hydrogen (secondary N) is 1. The molecule has 1 aromatic carbocycles. The fourth-order valence-corrected chi connectivity index (χ4v) is 3.09. The van der Waals surface area contributed by atoms with Crippen LogP contribution in [0.2, 0.25) is 5.02 Å². The molecule has 1 aromatic heterocycles. The maximum Gasteiger partial charge on any atom is 0.246 e. The molecule has 0 saturated carbocycles. The summed E-state index contributed by atoms with van der Waals surface area (Å²) in [5.41, 5.74) is 0.881. The van der Waals surface area contributed by atoms with E-state index in [9.17, 15) is 4.79 Å². The highest BCUT2D eigenvalue weighted by atomic mass is 35.5. The molecule has 0 saturated heterocycles. The number of hydrogen-bond donors (Lipinski definition) is 1. The molecule has 0 fully saturated rings. The molecule has 24 heavy (non-hydrogen) atoms. The molecular weight excluding hydrogens is 328 g/mol. The van der Waals surface area contributed by atoms with Gasteiger partial charge < -0.3 is 14.6 Å². The number of benzene rings is 1.